The molecule has 0 saturated carbocycles. The van der Waals surface area contributed by atoms with Gasteiger partial charge in [0.25, 0.3) is 5.89 Å². The van der Waals surface area contributed by atoms with Crippen LogP contribution in [0.25, 0.3) is 11.5 Å². The fraction of sp³-hybridized carbons (Fsp3) is 0.333. The van der Waals surface area contributed by atoms with E-state index in [0.29, 0.717) is 5.56 Å². The summed E-state index contributed by atoms with van der Waals surface area (Å²) in [6, 6.07) is 4.34. The number of ether oxygens (including phenoxy) is 2. The van der Waals surface area contributed by atoms with Crippen molar-refractivity contribution in [2.45, 2.75) is 12.8 Å². The average molecular weight is 304 g/mol. The molecule has 1 N–H and O–H groups in total. The molecule has 0 unspecified atom stereocenters. The molecule has 9 heteroatoms. The third-order valence-corrected chi connectivity index (χ3v) is 2.39. The first-order chi connectivity index (χ1) is 9.89. The van der Waals surface area contributed by atoms with Crippen molar-refractivity contribution < 1.29 is 32.3 Å². The highest BCUT2D eigenvalue weighted by Gasteiger charge is 2.27. The summed E-state index contributed by atoms with van der Waals surface area (Å²) in [6.45, 7) is -1.80. The number of benzene rings is 1. The van der Waals surface area contributed by atoms with Gasteiger partial charge in [0.05, 0.1) is 7.11 Å². The highest BCUT2D eigenvalue weighted by Crippen LogP contribution is 2.30. The fourth-order valence-electron chi connectivity index (χ4n) is 1.50. The van der Waals surface area contributed by atoms with Crippen LogP contribution >= 0.6 is 0 Å². The quantitative estimate of drug-likeness (QED) is 0.914. The predicted octanol–water partition coefficient (Wildman–Crippen LogP) is 2.53. The van der Waals surface area contributed by atoms with Crippen molar-refractivity contribution in [3.63, 3.8) is 0 Å². The predicted molar refractivity (Wildman–Crippen MR) is 63.7 cm³/mol. The topological polar surface area (TPSA) is 77.6 Å². The molecule has 21 heavy (non-hydrogen) atoms. The standard InChI is InChI=1S/C12H11F3N2O4/c1-19-9-4-7(2-3-8(9)18)11-16-10(17-21-11)5-20-6-12(13,14)15/h2-4,18H,5-6H2,1H3. The first-order valence-electron chi connectivity index (χ1n) is 5.73. The Kier molecular flexibility index (Phi) is 4.32. The van der Waals surface area contributed by atoms with Crippen molar-refractivity contribution in [3.8, 4) is 23.0 Å². The van der Waals surface area contributed by atoms with Crippen LogP contribution in [0.15, 0.2) is 22.7 Å². The molecule has 0 aliphatic heterocycles. The normalized spacial score (nSPS) is 11.6. The van der Waals surface area contributed by atoms with Crippen LogP contribution in [0.3, 0.4) is 0 Å². The second kappa shape index (κ2) is 6.00. The van der Waals surface area contributed by atoms with E-state index in [4.69, 9.17) is 9.26 Å². The van der Waals surface area contributed by atoms with Gasteiger partial charge in [-0.15, -0.1) is 0 Å². The lowest BCUT2D eigenvalue weighted by Crippen LogP contribution is -2.16. The Bertz CT molecular complexity index is 613. The number of rotatable bonds is 5. The molecule has 0 radical (unpaired) electrons. The van der Waals surface area contributed by atoms with Crippen molar-refractivity contribution in [1.29, 1.82) is 0 Å². The van der Waals surface area contributed by atoms with E-state index in [2.05, 4.69) is 14.9 Å². The second-order valence-electron chi connectivity index (χ2n) is 4.01. The number of hydrogen-bond acceptors (Lipinski definition) is 6. The largest absolute Gasteiger partial charge is 0.504 e. The van der Waals surface area contributed by atoms with Gasteiger partial charge in [-0.3, -0.25) is 0 Å². The van der Waals surface area contributed by atoms with E-state index in [-0.39, 0.29) is 23.2 Å². The number of aromatic nitrogens is 2. The van der Waals surface area contributed by atoms with Gasteiger partial charge >= 0.3 is 6.18 Å². The van der Waals surface area contributed by atoms with Crippen LogP contribution in [0.5, 0.6) is 11.5 Å². The minimum Gasteiger partial charge on any atom is -0.504 e. The summed E-state index contributed by atoms with van der Waals surface area (Å²) in [5, 5.41) is 13.0. The van der Waals surface area contributed by atoms with Crippen molar-refractivity contribution in [3.05, 3.63) is 24.0 Å². The number of aromatic hydroxyl groups is 1. The van der Waals surface area contributed by atoms with Gasteiger partial charge in [0.15, 0.2) is 17.3 Å². The van der Waals surface area contributed by atoms with E-state index in [9.17, 15) is 18.3 Å². The summed E-state index contributed by atoms with van der Waals surface area (Å²) in [4.78, 5) is 3.90. The summed E-state index contributed by atoms with van der Waals surface area (Å²) in [7, 11) is 1.38. The van der Waals surface area contributed by atoms with Crippen LogP contribution in [0.2, 0.25) is 0 Å². The molecule has 0 atom stereocenters. The van der Waals surface area contributed by atoms with Crippen molar-refractivity contribution >= 4 is 0 Å². The summed E-state index contributed by atoms with van der Waals surface area (Å²) in [6.07, 6.45) is -4.41. The van der Waals surface area contributed by atoms with E-state index >= 15 is 0 Å². The van der Waals surface area contributed by atoms with E-state index in [1.807, 2.05) is 0 Å². The molecule has 0 spiro atoms. The monoisotopic (exact) mass is 304 g/mol. The molecule has 114 valence electrons. The number of nitrogens with zero attached hydrogens (tertiary/aromatic N) is 2. The van der Waals surface area contributed by atoms with Gasteiger partial charge < -0.3 is 19.1 Å². The zero-order valence-electron chi connectivity index (χ0n) is 10.8. The minimum atomic E-state index is -4.41. The van der Waals surface area contributed by atoms with Gasteiger partial charge in [-0.1, -0.05) is 5.16 Å². The van der Waals surface area contributed by atoms with Gasteiger partial charge in [-0.25, -0.2) is 0 Å². The Hall–Kier alpha value is -2.29. The van der Waals surface area contributed by atoms with Crippen LogP contribution in [0.4, 0.5) is 13.2 Å². The van der Waals surface area contributed by atoms with Gasteiger partial charge in [0.2, 0.25) is 0 Å². The third kappa shape index (κ3) is 4.09. The molecular weight excluding hydrogens is 293 g/mol. The molecule has 0 amide bonds. The van der Waals surface area contributed by atoms with Crippen LogP contribution < -0.4 is 4.74 Å². The Balaban J connectivity index is 2.06. The van der Waals surface area contributed by atoms with Crippen LogP contribution in [0, 0.1) is 0 Å². The number of alkyl halides is 3. The number of hydrogen-bond donors (Lipinski definition) is 1. The lowest BCUT2D eigenvalue weighted by atomic mass is 10.2. The van der Waals surface area contributed by atoms with E-state index < -0.39 is 19.4 Å². The molecule has 1 aromatic carbocycles. The van der Waals surface area contributed by atoms with Gasteiger partial charge in [-0.05, 0) is 18.2 Å². The van der Waals surface area contributed by atoms with Crippen LogP contribution in [0.1, 0.15) is 5.82 Å². The maximum atomic E-state index is 11.9. The summed E-state index contributed by atoms with van der Waals surface area (Å²) in [5.74, 6) is 0.218. The molecule has 2 rings (SSSR count). The van der Waals surface area contributed by atoms with E-state index in [0.717, 1.165) is 0 Å². The van der Waals surface area contributed by atoms with Gasteiger partial charge in [0.1, 0.15) is 13.2 Å². The molecule has 2 aromatic rings. The Morgan fingerprint density at radius 2 is 2.10 bits per heavy atom. The third-order valence-electron chi connectivity index (χ3n) is 2.39. The highest BCUT2D eigenvalue weighted by atomic mass is 19.4. The maximum Gasteiger partial charge on any atom is 0.411 e. The second-order valence-corrected chi connectivity index (χ2v) is 4.01. The Morgan fingerprint density at radius 3 is 2.76 bits per heavy atom. The van der Waals surface area contributed by atoms with Crippen LogP contribution in [-0.2, 0) is 11.3 Å². The average Bonchev–Trinajstić information content (AvgIpc) is 2.86. The van der Waals surface area contributed by atoms with E-state index in [1.54, 1.807) is 0 Å². The number of phenols is 1. The molecule has 0 aliphatic carbocycles. The van der Waals surface area contributed by atoms with Crippen molar-refractivity contribution in [2.75, 3.05) is 13.7 Å². The first-order valence-corrected chi connectivity index (χ1v) is 5.73. The Labute approximate surface area is 117 Å². The number of phenolic OH excluding ortho intramolecular Hbond substituents is 1. The molecule has 1 aromatic heterocycles. The zero-order valence-corrected chi connectivity index (χ0v) is 10.8. The maximum absolute atomic E-state index is 11.9. The highest BCUT2D eigenvalue weighted by molar-refractivity contribution is 5.59. The smallest absolute Gasteiger partial charge is 0.411 e. The fourth-order valence-corrected chi connectivity index (χ4v) is 1.50. The lowest BCUT2D eigenvalue weighted by Gasteiger charge is -2.04. The van der Waals surface area contributed by atoms with Crippen molar-refractivity contribution in [2.24, 2.45) is 0 Å². The molecule has 0 bridgehead atoms. The SMILES string of the molecule is COc1cc(-c2nc(COCC(F)(F)F)no2)ccc1O. The molecule has 0 saturated heterocycles. The molecular formula is C12H11F3N2O4. The number of methoxy groups -OCH3 is 1. The summed E-state index contributed by atoms with van der Waals surface area (Å²) >= 11 is 0. The van der Waals surface area contributed by atoms with E-state index in [1.165, 1.54) is 25.3 Å². The summed E-state index contributed by atoms with van der Waals surface area (Å²) in [5.41, 5.74) is 0.458. The van der Waals surface area contributed by atoms with Gasteiger partial charge in [0, 0.05) is 5.56 Å². The molecule has 6 nitrogen and oxygen atoms in total. The van der Waals surface area contributed by atoms with Gasteiger partial charge in [-0.2, -0.15) is 18.2 Å². The molecule has 1 heterocycles. The molecule has 0 fully saturated rings. The summed E-state index contributed by atoms with van der Waals surface area (Å²) < 4.78 is 50.0. The Morgan fingerprint density at radius 1 is 1.33 bits per heavy atom. The first kappa shape index (κ1) is 15.1. The van der Waals surface area contributed by atoms with Crippen molar-refractivity contribution in [1.82, 2.24) is 10.1 Å². The minimum absolute atomic E-state index is 0.0127. The molecule has 0 aliphatic rings. The van der Waals surface area contributed by atoms with Crippen LogP contribution in [-0.4, -0.2) is 35.1 Å². The zero-order chi connectivity index (χ0) is 15.5. The lowest BCUT2D eigenvalue weighted by molar-refractivity contribution is -0.177. The number of halogens is 3.